The molecule has 0 aromatic rings. The van der Waals surface area contributed by atoms with Gasteiger partial charge in [0.2, 0.25) is 10.6 Å². The Labute approximate surface area is 76.7 Å². The Morgan fingerprint density at radius 1 is 1.62 bits per heavy atom. The van der Waals surface area contributed by atoms with Crippen molar-refractivity contribution in [3.8, 4) is 0 Å². The Kier molecular flexibility index (Phi) is 6.37. The zero-order valence-electron chi connectivity index (χ0n) is 7.66. The van der Waals surface area contributed by atoms with Crippen LogP contribution in [0.2, 0.25) is 0 Å². The summed E-state index contributed by atoms with van der Waals surface area (Å²) in [5.74, 6) is -1.13. The first-order valence-electron chi connectivity index (χ1n) is 4.23. The number of allylic oxidation sites excluding steroid dienone is 1. The van der Waals surface area contributed by atoms with Crippen LogP contribution >= 0.6 is 0 Å². The maximum absolute atomic E-state index is 10.4. The standard InChI is InChI=1S/C8H13N3O2/c1-2-3-4-5-6-7(8(12)13)10-11-9/h6,9H,2-5H2,1H3/p+1. The highest BCUT2D eigenvalue weighted by molar-refractivity contribution is 5.85. The minimum atomic E-state index is -1.13. The second kappa shape index (κ2) is 7.18. The van der Waals surface area contributed by atoms with E-state index in [1.165, 1.54) is 6.08 Å². The van der Waals surface area contributed by atoms with Gasteiger partial charge in [-0.1, -0.05) is 19.8 Å². The van der Waals surface area contributed by atoms with Gasteiger partial charge in [0.25, 0.3) is 0 Å². The Morgan fingerprint density at radius 3 is 2.77 bits per heavy atom. The number of rotatable bonds is 6. The van der Waals surface area contributed by atoms with Crippen LogP contribution in [0.15, 0.2) is 16.9 Å². The number of carboxylic acids is 1. The third kappa shape index (κ3) is 5.75. The molecule has 0 aliphatic carbocycles. The van der Waals surface area contributed by atoms with E-state index in [-0.39, 0.29) is 5.70 Å². The monoisotopic (exact) mass is 184 g/mol. The zero-order valence-corrected chi connectivity index (χ0v) is 7.66. The first kappa shape index (κ1) is 11.5. The highest BCUT2D eigenvalue weighted by atomic mass is 16.4. The summed E-state index contributed by atoms with van der Waals surface area (Å²) >= 11 is 0. The van der Waals surface area contributed by atoms with E-state index < -0.39 is 5.97 Å². The van der Waals surface area contributed by atoms with Crippen molar-refractivity contribution in [3.63, 3.8) is 0 Å². The molecule has 0 fully saturated rings. The van der Waals surface area contributed by atoms with Crippen molar-refractivity contribution in [2.75, 3.05) is 0 Å². The van der Waals surface area contributed by atoms with Crippen molar-refractivity contribution in [1.29, 1.82) is 5.53 Å². The van der Waals surface area contributed by atoms with Gasteiger partial charge in [0, 0.05) is 0 Å². The molecule has 0 heterocycles. The Hall–Kier alpha value is -1.48. The average molecular weight is 184 g/mol. The molecule has 0 aromatic carbocycles. The van der Waals surface area contributed by atoms with Crippen LogP contribution in [0.3, 0.4) is 0 Å². The van der Waals surface area contributed by atoms with Gasteiger partial charge < -0.3 is 5.11 Å². The van der Waals surface area contributed by atoms with Crippen LogP contribution in [0.4, 0.5) is 0 Å². The molecule has 0 saturated carbocycles. The largest absolute Gasteiger partial charge is 0.476 e. The summed E-state index contributed by atoms with van der Waals surface area (Å²) in [7, 11) is 0. The van der Waals surface area contributed by atoms with E-state index in [1.807, 2.05) is 0 Å². The Morgan fingerprint density at radius 2 is 2.31 bits per heavy atom. The van der Waals surface area contributed by atoms with E-state index >= 15 is 0 Å². The lowest BCUT2D eigenvalue weighted by Gasteiger charge is -1.91. The highest BCUT2D eigenvalue weighted by Gasteiger charge is 2.09. The van der Waals surface area contributed by atoms with Crippen LogP contribution in [0.1, 0.15) is 32.6 Å². The van der Waals surface area contributed by atoms with E-state index in [9.17, 15) is 4.79 Å². The third-order valence-corrected chi connectivity index (χ3v) is 1.52. The Balaban J connectivity index is 4.05. The minimum Gasteiger partial charge on any atom is -0.476 e. The molecule has 0 amide bonds. The van der Waals surface area contributed by atoms with Crippen LogP contribution in [0.25, 0.3) is 0 Å². The summed E-state index contributed by atoms with van der Waals surface area (Å²) in [6, 6.07) is 0. The lowest BCUT2D eigenvalue weighted by Crippen LogP contribution is -1.97. The van der Waals surface area contributed by atoms with Gasteiger partial charge in [-0.2, -0.15) is 0 Å². The van der Waals surface area contributed by atoms with Crippen LogP contribution in [0, 0.1) is 5.53 Å². The molecule has 5 heteroatoms. The van der Waals surface area contributed by atoms with Crippen molar-refractivity contribution in [2.24, 2.45) is 5.11 Å². The van der Waals surface area contributed by atoms with Crippen LogP contribution in [-0.4, -0.2) is 11.1 Å². The molecule has 5 nitrogen and oxygen atoms in total. The second-order valence-corrected chi connectivity index (χ2v) is 2.59. The van der Waals surface area contributed by atoms with Gasteiger partial charge in [0.1, 0.15) is 5.53 Å². The predicted octanol–water partition coefficient (Wildman–Crippen LogP) is 2.09. The highest BCUT2D eigenvalue weighted by Crippen LogP contribution is 2.04. The summed E-state index contributed by atoms with van der Waals surface area (Å²) in [6.45, 7) is 2.07. The van der Waals surface area contributed by atoms with Gasteiger partial charge in [-0.25, -0.2) is 4.79 Å². The second-order valence-electron chi connectivity index (χ2n) is 2.59. The van der Waals surface area contributed by atoms with Crippen molar-refractivity contribution >= 4 is 5.97 Å². The molecule has 0 aromatic heterocycles. The number of hydrogen-bond donors (Lipinski definition) is 2. The van der Waals surface area contributed by atoms with E-state index in [2.05, 4.69) is 16.9 Å². The van der Waals surface area contributed by atoms with Crippen LogP contribution in [0.5, 0.6) is 0 Å². The fourth-order valence-corrected chi connectivity index (χ4v) is 0.858. The Bertz CT molecular complexity index is 238. The number of nitrogens with one attached hydrogen (secondary N) is 1. The van der Waals surface area contributed by atoms with Gasteiger partial charge in [-0.15, -0.1) is 0 Å². The summed E-state index contributed by atoms with van der Waals surface area (Å²) in [5.41, 5.74) is 6.25. The first-order valence-corrected chi connectivity index (χ1v) is 4.23. The van der Waals surface area contributed by atoms with Crippen molar-refractivity contribution in [3.05, 3.63) is 11.8 Å². The molecule has 0 unspecified atom stereocenters. The summed E-state index contributed by atoms with van der Waals surface area (Å²) in [4.78, 5) is 13.1. The molecule has 0 rings (SSSR count). The fourth-order valence-electron chi connectivity index (χ4n) is 0.858. The third-order valence-electron chi connectivity index (χ3n) is 1.52. The van der Waals surface area contributed by atoms with E-state index in [0.29, 0.717) is 6.42 Å². The van der Waals surface area contributed by atoms with Gasteiger partial charge >= 0.3 is 5.97 Å². The summed E-state index contributed by atoms with van der Waals surface area (Å²) in [6.07, 6.45) is 5.28. The van der Waals surface area contributed by atoms with Crippen molar-refractivity contribution in [2.45, 2.75) is 32.6 Å². The van der Waals surface area contributed by atoms with Crippen LogP contribution < -0.4 is 4.91 Å². The summed E-state index contributed by atoms with van der Waals surface area (Å²) in [5, 5.41) is 11.7. The molecule has 0 bridgehead atoms. The number of hydrogen-bond acceptors (Lipinski definition) is 3. The maximum Gasteiger partial charge on any atom is 0.361 e. The number of carboxylic acid groups (broad SMARTS) is 1. The van der Waals surface area contributed by atoms with Crippen molar-refractivity contribution < 1.29 is 9.90 Å². The zero-order chi connectivity index (χ0) is 10.1. The maximum atomic E-state index is 10.4. The molecule has 72 valence electrons. The lowest BCUT2D eigenvalue weighted by atomic mass is 10.2. The van der Waals surface area contributed by atoms with Gasteiger partial charge in [-0.05, 0) is 18.9 Å². The van der Waals surface area contributed by atoms with Gasteiger partial charge in [0.15, 0.2) is 5.11 Å². The molecule has 0 saturated heterocycles. The summed E-state index contributed by atoms with van der Waals surface area (Å²) < 4.78 is 0. The minimum absolute atomic E-state index is 0.147. The van der Waals surface area contributed by atoms with Crippen LogP contribution in [-0.2, 0) is 4.79 Å². The predicted molar refractivity (Wildman–Crippen MR) is 47.1 cm³/mol. The molecule has 0 aliphatic rings. The molecule has 0 spiro atoms. The SMILES string of the molecule is CCCCCC=C(N=[N+]=N)C(=O)O. The number of unbranched alkanes of at least 4 members (excludes halogenated alkanes) is 3. The lowest BCUT2D eigenvalue weighted by molar-refractivity contribution is -0.132. The molecule has 0 aliphatic heterocycles. The molecule has 0 radical (unpaired) electrons. The van der Waals surface area contributed by atoms with E-state index in [1.54, 1.807) is 0 Å². The van der Waals surface area contributed by atoms with E-state index in [0.717, 1.165) is 19.3 Å². The number of aliphatic carboxylic acids is 1. The average Bonchev–Trinajstić information content (AvgIpc) is 2.10. The number of nitrogens with zero attached hydrogens (tertiary/aromatic N) is 2. The smallest absolute Gasteiger partial charge is 0.361 e. The first-order chi connectivity index (χ1) is 6.22. The molecular formula is C8H14N3O2+. The topological polar surface area (TPSA) is 87.6 Å². The van der Waals surface area contributed by atoms with Crippen molar-refractivity contribution in [1.82, 2.24) is 4.91 Å². The normalized spacial score (nSPS) is 10.7. The molecule has 13 heavy (non-hydrogen) atoms. The molecule has 2 N–H and O–H groups in total. The van der Waals surface area contributed by atoms with E-state index in [4.69, 9.17) is 10.6 Å². The number of carbonyl (C=O) groups is 1. The molecule has 0 atom stereocenters. The van der Waals surface area contributed by atoms with Gasteiger partial charge in [-0.3, -0.25) is 0 Å². The fraction of sp³-hybridized carbons (Fsp3) is 0.625. The quantitative estimate of drug-likeness (QED) is 0.286. The molecular weight excluding hydrogens is 170 g/mol. The van der Waals surface area contributed by atoms with Gasteiger partial charge in [0.05, 0.1) is 0 Å².